The van der Waals surface area contributed by atoms with Gasteiger partial charge in [0.05, 0.1) is 32.2 Å². The molecule has 0 aliphatic carbocycles. The fourth-order valence-electron chi connectivity index (χ4n) is 3.25. The number of benzene rings is 2. The van der Waals surface area contributed by atoms with Gasteiger partial charge in [-0.1, -0.05) is 6.92 Å². The predicted molar refractivity (Wildman–Crippen MR) is 132 cm³/mol. The highest BCUT2D eigenvalue weighted by Gasteiger charge is 2.20. The lowest BCUT2D eigenvalue weighted by molar-refractivity contribution is -0.121. The second-order valence-corrected chi connectivity index (χ2v) is 7.49. The van der Waals surface area contributed by atoms with E-state index in [0.717, 1.165) is 0 Å². The first-order valence-corrected chi connectivity index (χ1v) is 11.2. The quantitative estimate of drug-likeness (QED) is 0.497. The third-order valence-corrected chi connectivity index (χ3v) is 4.87. The van der Waals surface area contributed by atoms with Gasteiger partial charge >= 0.3 is 0 Å². The fraction of sp³-hybridized carbons (Fsp3) is 0.360. The number of nitrogens with one attached hydrogen (secondary N) is 2. The Morgan fingerprint density at radius 2 is 1.56 bits per heavy atom. The van der Waals surface area contributed by atoms with Gasteiger partial charge in [-0.2, -0.15) is 5.26 Å². The molecule has 2 aromatic carbocycles. The molecule has 0 aromatic heterocycles. The van der Waals surface area contributed by atoms with E-state index in [1.807, 2.05) is 13.8 Å². The molecule has 0 spiro atoms. The minimum absolute atomic E-state index is 0.0318. The molecule has 9 nitrogen and oxygen atoms in total. The van der Waals surface area contributed by atoms with Crippen molar-refractivity contribution in [3.8, 4) is 11.8 Å². The number of nitriles is 1. The molecule has 0 heterocycles. The summed E-state index contributed by atoms with van der Waals surface area (Å²) in [6.07, 6.45) is 0.194. The van der Waals surface area contributed by atoms with Crippen molar-refractivity contribution in [3.63, 3.8) is 0 Å². The fourth-order valence-corrected chi connectivity index (χ4v) is 3.25. The number of likely N-dealkylation sites (N-methyl/N-ethyl adjacent to an activating group) is 1. The second-order valence-electron chi connectivity index (χ2n) is 7.49. The van der Waals surface area contributed by atoms with Crippen LogP contribution in [0.25, 0.3) is 0 Å². The van der Waals surface area contributed by atoms with Gasteiger partial charge in [0, 0.05) is 30.5 Å². The topological polar surface area (TPSA) is 115 Å². The zero-order valence-corrected chi connectivity index (χ0v) is 19.8. The number of anilines is 3. The molecule has 2 rings (SSSR count). The van der Waals surface area contributed by atoms with E-state index in [0.29, 0.717) is 36.0 Å². The lowest BCUT2D eigenvalue weighted by Gasteiger charge is -2.26. The normalized spacial score (nSPS) is 10.3. The van der Waals surface area contributed by atoms with Crippen molar-refractivity contribution in [3.05, 3.63) is 48.5 Å². The Morgan fingerprint density at radius 1 is 0.941 bits per heavy atom. The highest BCUT2D eigenvalue weighted by molar-refractivity contribution is 5.96. The first-order chi connectivity index (χ1) is 16.4. The number of ether oxygens (including phenoxy) is 1. The van der Waals surface area contributed by atoms with E-state index in [-0.39, 0.29) is 43.8 Å². The van der Waals surface area contributed by atoms with Crippen LogP contribution in [0.4, 0.5) is 17.1 Å². The van der Waals surface area contributed by atoms with Crippen molar-refractivity contribution in [1.82, 2.24) is 4.90 Å². The monoisotopic (exact) mass is 465 g/mol. The average Bonchev–Trinajstić information content (AvgIpc) is 2.81. The van der Waals surface area contributed by atoms with Crippen LogP contribution in [0.15, 0.2) is 48.5 Å². The molecule has 34 heavy (non-hydrogen) atoms. The molecule has 0 unspecified atom stereocenters. The van der Waals surface area contributed by atoms with Gasteiger partial charge in [0.2, 0.25) is 17.7 Å². The molecule has 2 aromatic rings. The van der Waals surface area contributed by atoms with E-state index in [1.165, 1.54) is 6.92 Å². The Labute approximate surface area is 200 Å². The molecule has 3 amide bonds. The molecule has 9 heteroatoms. The van der Waals surface area contributed by atoms with E-state index in [1.54, 1.807) is 58.3 Å². The summed E-state index contributed by atoms with van der Waals surface area (Å²) in [4.78, 5) is 40.0. The van der Waals surface area contributed by atoms with Crippen molar-refractivity contribution >= 4 is 34.8 Å². The molecule has 180 valence electrons. The highest BCUT2D eigenvalue weighted by Crippen LogP contribution is 2.20. The zero-order valence-electron chi connectivity index (χ0n) is 19.8. The summed E-state index contributed by atoms with van der Waals surface area (Å²) in [5.41, 5.74) is 1.90. The number of nitrogens with zero attached hydrogens (tertiary/aromatic N) is 3. The molecular formula is C25H31N5O4. The lowest BCUT2D eigenvalue weighted by atomic mass is 10.2. The largest absolute Gasteiger partial charge is 0.494 e. The molecule has 0 atom stereocenters. The van der Waals surface area contributed by atoms with Gasteiger partial charge in [-0.25, -0.2) is 0 Å². The van der Waals surface area contributed by atoms with Crippen molar-refractivity contribution in [2.75, 3.05) is 48.3 Å². The predicted octanol–water partition coefficient (Wildman–Crippen LogP) is 3.25. The maximum atomic E-state index is 13.1. The first kappa shape index (κ1) is 26.4. The highest BCUT2D eigenvalue weighted by atomic mass is 16.5. The van der Waals surface area contributed by atoms with Crippen LogP contribution in [0.2, 0.25) is 0 Å². The van der Waals surface area contributed by atoms with Crippen LogP contribution >= 0.6 is 0 Å². The number of carbonyl (C=O) groups is 3. The van der Waals surface area contributed by atoms with Gasteiger partial charge in [0.15, 0.2) is 0 Å². The summed E-state index contributed by atoms with van der Waals surface area (Å²) in [6.45, 7) is 6.56. The van der Waals surface area contributed by atoms with Crippen molar-refractivity contribution in [1.29, 1.82) is 5.26 Å². The van der Waals surface area contributed by atoms with Crippen molar-refractivity contribution in [2.45, 2.75) is 27.2 Å². The maximum absolute atomic E-state index is 13.1. The van der Waals surface area contributed by atoms with Gasteiger partial charge < -0.3 is 20.3 Å². The Morgan fingerprint density at radius 3 is 2.09 bits per heavy atom. The van der Waals surface area contributed by atoms with Gasteiger partial charge in [-0.15, -0.1) is 0 Å². The van der Waals surface area contributed by atoms with Crippen molar-refractivity contribution < 1.29 is 19.1 Å². The molecule has 0 aliphatic rings. The van der Waals surface area contributed by atoms with Crippen LogP contribution in [0, 0.1) is 11.3 Å². The maximum Gasteiger partial charge on any atom is 0.241 e. The second kappa shape index (κ2) is 13.6. The van der Waals surface area contributed by atoms with E-state index in [2.05, 4.69) is 16.7 Å². The number of amides is 3. The Balaban J connectivity index is 2.00. The Bertz CT molecular complexity index is 999. The zero-order chi connectivity index (χ0) is 24.9. The van der Waals surface area contributed by atoms with Crippen LogP contribution in [0.3, 0.4) is 0 Å². The van der Waals surface area contributed by atoms with Gasteiger partial charge in [0.1, 0.15) is 5.75 Å². The van der Waals surface area contributed by atoms with Crippen molar-refractivity contribution in [2.24, 2.45) is 0 Å². The smallest absolute Gasteiger partial charge is 0.241 e. The van der Waals surface area contributed by atoms with E-state index in [4.69, 9.17) is 10.00 Å². The van der Waals surface area contributed by atoms with Gasteiger partial charge in [-0.05, 0) is 62.0 Å². The molecule has 0 bridgehead atoms. The summed E-state index contributed by atoms with van der Waals surface area (Å²) in [5.74, 6) is 0.0743. The number of hydrogen-bond donors (Lipinski definition) is 2. The summed E-state index contributed by atoms with van der Waals surface area (Å²) in [7, 11) is 0. The summed E-state index contributed by atoms with van der Waals surface area (Å²) in [5, 5.41) is 14.5. The van der Waals surface area contributed by atoms with Crippen LogP contribution < -0.4 is 20.3 Å². The Kier molecular flexibility index (Phi) is 10.5. The number of hydrogen-bond acceptors (Lipinski definition) is 6. The number of carbonyl (C=O) groups excluding carboxylic acids is 3. The average molecular weight is 466 g/mol. The lowest BCUT2D eigenvalue weighted by Crippen LogP contribution is -2.43. The van der Waals surface area contributed by atoms with Crippen LogP contribution in [0.1, 0.15) is 27.2 Å². The third-order valence-electron chi connectivity index (χ3n) is 4.87. The molecule has 2 N–H and O–H groups in total. The van der Waals surface area contributed by atoms with E-state index in [9.17, 15) is 14.4 Å². The third kappa shape index (κ3) is 8.56. The Hall–Kier alpha value is -3.90. The number of rotatable bonds is 12. The summed E-state index contributed by atoms with van der Waals surface area (Å²) < 4.78 is 5.45. The first-order valence-electron chi connectivity index (χ1n) is 11.2. The minimum Gasteiger partial charge on any atom is -0.494 e. The van der Waals surface area contributed by atoms with Crippen LogP contribution in [-0.2, 0) is 14.4 Å². The molecule has 0 saturated heterocycles. The summed E-state index contributed by atoms with van der Waals surface area (Å²) in [6, 6.07) is 16.0. The molecular weight excluding hydrogens is 434 g/mol. The molecule has 0 fully saturated rings. The van der Waals surface area contributed by atoms with Crippen LogP contribution in [0.5, 0.6) is 5.75 Å². The summed E-state index contributed by atoms with van der Waals surface area (Å²) >= 11 is 0. The van der Waals surface area contributed by atoms with Crippen LogP contribution in [-0.4, -0.2) is 55.4 Å². The minimum atomic E-state index is -0.258. The van der Waals surface area contributed by atoms with Gasteiger partial charge in [0.25, 0.3) is 0 Å². The van der Waals surface area contributed by atoms with E-state index < -0.39 is 0 Å². The van der Waals surface area contributed by atoms with E-state index >= 15 is 0 Å². The molecule has 0 radical (unpaired) electrons. The standard InChI is InChI=1S/C25H31N5O4/c1-4-29(17-24(32)28-21-9-7-20(8-10-21)27-19(3)31)18-25(33)30(16-6-15-26)22-11-13-23(14-12-22)34-5-2/h7-14H,4-6,16-18H2,1-3H3,(H,27,31)(H,28,32). The molecule has 0 aliphatic heterocycles. The SMILES string of the molecule is CCOc1ccc(N(CCC#N)C(=O)CN(CC)CC(=O)Nc2ccc(NC(C)=O)cc2)cc1. The van der Waals surface area contributed by atoms with Gasteiger partial charge in [-0.3, -0.25) is 19.3 Å². The molecule has 0 saturated carbocycles.